The van der Waals surface area contributed by atoms with Crippen LogP contribution in [0.2, 0.25) is 0 Å². The molecule has 0 fully saturated rings. The maximum Gasteiger partial charge on any atom is 0.240 e. The lowest BCUT2D eigenvalue weighted by atomic mass is 10.1. The van der Waals surface area contributed by atoms with Gasteiger partial charge in [-0.25, -0.2) is 4.98 Å². The second-order valence-corrected chi connectivity index (χ2v) is 7.06. The first kappa shape index (κ1) is 17.3. The highest BCUT2D eigenvalue weighted by Gasteiger charge is 2.25. The predicted octanol–water partition coefficient (Wildman–Crippen LogP) is 4.01. The van der Waals surface area contributed by atoms with Crippen LogP contribution in [0.5, 0.6) is 0 Å². The molecule has 1 atom stereocenters. The lowest BCUT2D eigenvalue weighted by Gasteiger charge is -2.20. The van der Waals surface area contributed by atoms with Gasteiger partial charge in [0.1, 0.15) is 5.25 Å². The number of amides is 1. The van der Waals surface area contributed by atoms with E-state index in [4.69, 9.17) is 0 Å². The Hall–Kier alpha value is -2.53. The first-order valence-electron chi connectivity index (χ1n) is 8.08. The molecule has 128 valence electrons. The minimum atomic E-state index is -0.319. The van der Waals surface area contributed by atoms with Crippen molar-refractivity contribution >= 4 is 17.7 Å². The number of nitrogens with zero attached hydrogens (tertiary/aromatic N) is 3. The van der Waals surface area contributed by atoms with Gasteiger partial charge in [-0.05, 0) is 11.1 Å². The summed E-state index contributed by atoms with van der Waals surface area (Å²) >= 11 is 1.48. The van der Waals surface area contributed by atoms with Gasteiger partial charge in [-0.2, -0.15) is 0 Å². The molecule has 5 heteroatoms. The minimum Gasteiger partial charge on any atom is -0.348 e. The van der Waals surface area contributed by atoms with Crippen molar-refractivity contribution in [2.24, 2.45) is 7.05 Å². The molecule has 0 aliphatic rings. The van der Waals surface area contributed by atoms with E-state index in [9.17, 15) is 4.79 Å². The second-order valence-electron chi connectivity index (χ2n) is 5.99. The molecule has 2 aromatic carbocycles. The fraction of sp³-hybridized carbons (Fsp3) is 0.200. The molecule has 1 aromatic heterocycles. The van der Waals surface area contributed by atoms with Crippen LogP contribution < -0.4 is 0 Å². The van der Waals surface area contributed by atoms with Crippen LogP contribution in [-0.4, -0.2) is 34.5 Å². The highest BCUT2D eigenvalue weighted by Crippen LogP contribution is 2.37. The average Bonchev–Trinajstić information content (AvgIpc) is 3.01. The van der Waals surface area contributed by atoms with Gasteiger partial charge in [0.25, 0.3) is 0 Å². The molecule has 0 N–H and O–H groups in total. The van der Waals surface area contributed by atoms with Crippen molar-refractivity contribution in [2.75, 3.05) is 14.1 Å². The quantitative estimate of drug-likeness (QED) is 0.652. The van der Waals surface area contributed by atoms with Crippen LogP contribution in [-0.2, 0) is 11.8 Å². The van der Waals surface area contributed by atoms with E-state index in [2.05, 4.69) is 17.1 Å². The molecule has 1 amide bonds. The van der Waals surface area contributed by atoms with E-state index in [1.165, 1.54) is 11.8 Å². The predicted molar refractivity (Wildman–Crippen MR) is 102 cm³/mol. The smallest absolute Gasteiger partial charge is 0.240 e. The summed E-state index contributed by atoms with van der Waals surface area (Å²) in [6, 6.07) is 20.0. The molecule has 4 nitrogen and oxygen atoms in total. The highest BCUT2D eigenvalue weighted by molar-refractivity contribution is 8.00. The van der Waals surface area contributed by atoms with Crippen molar-refractivity contribution < 1.29 is 4.79 Å². The monoisotopic (exact) mass is 351 g/mol. The molecule has 0 spiro atoms. The Balaban J connectivity index is 1.93. The van der Waals surface area contributed by atoms with E-state index in [1.54, 1.807) is 19.0 Å². The third-order valence-electron chi connectivity index (χ3n) is 4.01. The normalized spacial score (nSPS) is 12.0. The van der Waals surface area contributed by atoms with Crippen LogP contribution in [0.1, 0.15) is 10.8 Å². The number of carbonyl (C=O) groups is 1. The molecule has 0 saturated heterocycles. The molecule has 0 aliphatic carbocycles. The minimum absolute atomic E-state index is 0.0560. The summed E-state index contributed by atoms with van der Waals surface area (Å²) in [4.78, 5) is 18.9. The van der Waals surface area contributed by atoms with Gasteiger partial charge in [-0.15, -0.1) is 0 Å². The number of benzene rings is 2. The van der Waals surface area contributed by atoms with Crippen molar-refractivity contribution in [1.29, 1.82) is 0 Å². The summed E-state index contributed by atoms with van der Waals surface area (Å²) in [5, 5.41) is 0.504. The molecule has 1 heterocycles. The van der Waals surface area contributed by atoms with Crippen LogP contribution in [0.15, 0.2) is 72.0 Å². The number of thioether (sulfide) groups is 1. The van der Waals surface area contributed by atoms with Gasteiger partial charge >= 0.3 is 0 Å². The van der Waals surface area contributed by atoms with Gasteiger partial charge in [-0.3, -0.25) is 4.79 Å². The maximum absolute atomic E-state index is 12.7. The first-order valence-corrected chi connectivity index (χ1v) is 8.96. The Morgan fingerprint density at radius 1 is 1.04 bits per heavy atom. The third-order valence-corrected chi connectivity index (χ3v) is 5.31. The number of likely N-dealkylation sites (N-methyl/N-ethyl adjacent to an activating group) is 1. The summed E-state index contributed by atoms with van der Waals surface area (Å²) in [7, 11) is 5.55. The first-order chi connectivity index (χ1) is 12.1. The van der Waals surface area contributed by atoms with Crippen molar-refractivity contribution in [3.8, 4) is 11.3 Å². The molecule has 0 bridgehead atoms. The molecule has 25 heavy (non-hydrogen) atoms. The third kappa shape index (κ3) is 3.77. The van der Waals surface area contributed by atoms with Gasteiger partial charge in [-0.1, -0.05) is 72.4 Å². The Morgan fingerprint density at radius 3 is 2.24 bits per heavy atom. The average molecular weight is 351 g/mol. The fourth-order valence-corrected chi connectivity index (χ4v) is 3.79. The second kappa shape index (κ2) is 7.57. The molecule has 0 radical (unpaired) electrons. The number of carbonyl (C=O) groups excluding carboxylic acids is 1. The summed E-state index contributed by atoms with van der Waals surface area (Å²) < 4.78 is 2.04. The topological polar surface area (TPSA) is 38.1 Å². The highest BCUT2D eigenvalue weighted by atomic mass is 32.2. The zero-order valence-electron chi connectivity index (χ0n) is 14.6. The van der Waals surface area contributed by atoms with Crippen LogP contribution in [0.4, 0.5) is 0 Å². The zero-order valence-corrected chi connectivity index (χ0v) is 15.4. The van der Waals surface area contributed by atoms with Crippen molar-refractivity contribution in [2.45, 2.75) is 10.4 Å². The van der Waals surface area contributed by atoms with Crippen LogP contribution in [0.25, 0.3) is 11.3 Å². The summed E-state index contributed by atoms with van der Waals surface area (Å²) in [6.07, 6.45) is 1.86. The lowest BCUT2D eigenvalue weighted by molar-refractivity contribution is -0.128. The van der Waals surface area contributed by atoms with Crippen LogP contribution in [0.3, 0.4) is 0 Å². The number of hydrogen-bond acceptors (Lipinski definition) is 3. The molecule has 3 aromatic rings. The fourth-order valence-electron chi connectivity index (χ4n) is 2.61. The number of hydrogen-bond donors (Lipinski definition) is 0. The van der Waals surface area contributed by atoms with Gasteiger partial charge < -0.3 is 9.47 Å². The van der Waals surface area contributed by atoms with E-state index in [1.807, 2.05) is 66.3 Å². The standard InChI is InChI=1S/C20H21N3OS/c1-22(2)19(24)18(16-12-8-5-9-13-16)25-20-21-14-17(23(20)3)15-10-6-4-7-11-15/h4-14,18H,1-3H3/t18-/m1/s1. The summed E-state index contributed by atoms with van der Waals surface area (Å²) in [6.45, 7) is 0. The largest absolute Gasteiger partial charge is 0.348 e. The van der Waals surface area contributed by atoms with Crippen molar-refractivity contribution in [1.82, 2.24) is 14.5 Å². The number of rotatable bonds is 5. The molecule has 0 unspecified atom stereocenters. The van der Waals surface area contributed by atoms with Gasteiger partial charge in [0.2, 0.25) is 5.91 Å². The van der Waals surface area contributed by atoms with E-state index in [-0.39, 0.29) is 11.2 Å². The number of aromatic nitrogens is 2. The molecular weight excluding hydrogens is 330 g/mol. The van der Waals surface area contributed by atoms with Crippen LogP contribution >= 0.6 is 11.8 Å². The Bertz CT molecular complexity index is 844. The van der Waals surface area contributed by atoms with Crippen molar-refractivity contribution in [3.05, 3.63) is 72.4 Å². The number of imidazole rings is 1. The van der Waals surface area contributed by atoms with Gasteiger partial charge in [0.05, 0.1) is 11.9 Å². The molecular formula is C20H21N3OS. The zero-order chi connectivity index (χ0) is 17.8. The molecule has 3 rings (SSSR count). The Kier molecular flexibility index (Phi) is 5.24. The Morgan fingerprint density at radius 2 is 1.64 bits per heavy atom. The van der Waals surface area contributed by atoms with Gasteiger partial charge in [0, 0.05) is 21.1 Å². The van der Waals surface area contributed by atoms with Crippen molar-refractivity contribution in [3.63, 3.8) is 0 Å². The molecule has 0 aliphatic heterocycles. The van der Waals surface area contributed by atoms with E-state index >= 15 is 0 Å². The summed E-state index contributed by atoms with van der Waals surface area (Å²) in [5.41, 5.74) is 3.13. The van der Waals surface area contributed by atoms with E-state index in [0.717, 1.165) is 22.0 Å². The molecule has 0 saturated carbocycles. The van der Waals surface area contributed by atoms with E-state index in [0.29, 0.717) is 0 Å². The lowest BCUT2D eigenvalue weighted by Crippen LogP contribution is -2.26. The van der Waals surface area contributed by atoms with Crippen LogP contribution in [0, 0.1) is 0 Å². The van der Waals surface area contributed by atoms with E-state index < -0.39 is 0 Å². The SMILES string of the molecule is CN(C)C(=O)[C@H](Sc1ncc(-c2ccccc2)n1C)c1ccccc1. The Labute approximate surface area is 152 Å². The summed E-state index contributed by atoms with van der Waals surface area (Å²) in [5.74, 6) is 0.0560. The van der Waals surface area contributed by atoms with Gasteiger partial charge in [0.15, 0.2) is 5.16 Å². The maximum atomic E-state index is 12.7.